The molecule has 0 aliphatic heterocycles. The van der Waals surface area contributed by atoms with E-state index in [2.05, 4.69) is 49.4 Å². The predicted molar refractivity (Wildman–Crippen MR) is 161 cm³/mol. The van der Waals surface area contributed by atoms with Crippen LogP contribution < -0.4 is 4.72 Å². The number of aromatic amines is 2. The SMILES string of the molecule is CCN(CC)CCCS(=O)(=O)N[C@H](Cc1c[nH]c2ccccc12)c1n[nH]c(Cc2cn(C)c3ccc(Cl)cc23)n1. The summed E-state index contributed by atoms with van der Waals surface area (Å²) in [6.07, 6.45) is 5.48. The quantitative estimate of drug-likeness (QED) is 0.182. The molecule has 1 atom stereocenters. The molecule has 212 valence electrons. The van der Waals surface area contributed by atoms with Gasteiger partial charge in [-0.2, -0.15) is 5.10 Å². The molecule has 2 aromatic carbocycles. The molecule has 0 aliphatic rings. The lowest BCUT2D eigenvalue weighted by atomic mass is 10.1. The average Bonchev–Trinajstić information content (AvgIpc) is 3.64. The first-order valence-corrected chi connectivity index (χ1v) is 15.7. The molecule has 0 fully saturated rings. The standard InChI is InChI=1S/C29H36ClN7O2S/c1-4-37(5-2)13-8-14-40(38,39)35-26(15-20-18-31-25-10-7-6-9-23(20)25)29-32-28(33-34-29)16-21-19-36(3)27-12-11-22(30)17-24(21)27/h6-7,9-12,17-19,26,31,35H,4-5,8,13-16H2,1-3H3,(H,32,33,34)/t26-/m1/s1. The Morgan fingerprint density at radius 3 is 2.70 bits per heavy atom. The summed E-state index contributed by atoms with van der Waals surface area (Å²) in [6.45, 7) is 6.70. The van der Waals surface area contributed by atoms with Gasteiger partial charge < -0.3 is 14.5 Å². The van der Waals surface area contributed by atoms with Gasteiger partial charge in [0.05, 0.1) is 11.8 Å². The van der Waals surface area contributed by atoms with Crippen molar-refractivity contribution >= 4 is 43.4 Å². The number of H-pyrrole nitrogens is 2. The van der Waals surface area contributed by atoms with Crippen molar-refractivity contribution in [2.24, 2.45) is 7.05 Å². The molecular formula is C29H36ClN7O2S. The van der Waals surface area contributed by atoms with Gasteiger partial charge in [0, 0.05) is 52.7 Å². The van der Waals surface area contributed by atoms with Crippen LogP contribution in [0.2, 0.25) is 5.02 Å². The van der Waals surface area contributed by atoms with Gasteiger partial charge in [-0.05, 0) is 67.9 Å². The van der Waals surface area contributed by atoms with Crippen LogP contribution in [0.4, 0.5) is 0 Å². The third kappa shape index (κ3) is 6.41. The Morgan fingerprint density at radius 1 is 1.10 bits per heavy atom. The lowest BCUT2D eigenvalue weighted by Crippen LogP contribution is -2.34. The third-order valence-electron chi connectivity index (χ3n) is 7.46. The van der Waals surface area contributed by atoms with Gasteiger partial charge in [-0.25, -0.2) is 18.1 Å². The van der Waals surface area contributed by atoms with Crippen molar-refractivity contribution in [3.8, 4) is 0 Å². The molecule has 3 N–H and O–H groups in total. The number of benzene rings is 2. The number of halogens is 1. The summed E-state index contributed by atoms with van der Waals surface area (Å²) in [7, 11) is -1.58. The Labute approximate surface area is 240 Å². The van der Waals surface area contributed by atoms with Crippen molar-refractivity contribution in [2.45, 2.75) is 39.2 Å². The van der Waals surface area contributed by atoms with Gasteiger partial charge in [-0.1, -0.05) is 43.6 Å². The maximum atomic E-state index is 13.2. The number of nitrogens with one attached hydrogen (secondary N) is 3. The number of aromatic nitrogens is 5. The first kappa shape index (κ1) is 28.4. The van der Waals surface area contributed by atoms with Crippen molar-refractivity contribution < 1.29 is 8.42 Å². The van der Waals surface area contributed by atoms with E-state index in [0.29, 0.717) is 35.9 Å². The van der Waals surface area contributed by atoms with Gasteiger partial charge in [0.1, 0.15) is 5.82 Å². The fourth-order valence-corrected chi connectivity index (χ4v) is 6.73. The number of fused-ring (bicyclic) bond motifs is 2. The van der Waals surface area contributed by atoms with Crippen molar-refractivity contribution in [3.63, 3.8) is 0 Å². The second-order valence-electron chi connectivity index (χ2n) is 10.2. The van der Waals surface area contributed by atoms with E-state index in [1.807, 2.05) is 55.7 Å². The number of para-hydroxylation sites is 1. The summed E-state index contributed by atoms with van der Waals surface area (Å²) >= 11 is 6.27. The normalized spacial score (nSPS) is 13.1. The largest absolute Gasteiger partial charge is 0.361 e. The zero-order valence-corrected chi connectivity index (χ0v) is 24.7. The summed E-state index contributed by atoms with van der Waals surface area (Å²) in [5, 5.41) is 10.3. The Bertz CT molecular complexity index is 1700. The molecule has 0 aliphatic carbocycles. The van der Waals surface area contributed by atoms with Gasteiger partial charge in [0.25, 0.3) is 0 Å². The summed E-state index contributed by atoms with van der Waals surface area (Å²) in [6, 6.07) is 13.2. The van der Waals surface area contributed by atoms with E-state index < -0.39 is 16.1 Å². The Morgan fingerprint density at radius 2 is 1.90 bits per heavy atom. The van der Waals surface area contributed by atoms with E-state index in [1.165, 1.54) is 0 Å². The monoisotopic (exact) mass is 581 g/mol. The molecule has 5 rings (SSSR count). The summed E-state index contributed by atoms with van der Waals surface area (Å²) in [4.78, 5) is 10.3. The van der Waals surface area contributed by atoms with Gasteiger partial charge in [-0.15, -0.1) is 0 Å². The highest BCUT2D eigenvalue weighted by Gasteiger charge is 2.25. The molecule has 0 saturated heterocycles. The first-order chi connectivity index (χ1) is 19.3. The minimum absolute atomic E-state index is 0.0436. The highest BCUT2D eigenvalue weighted by molar-refractivity contribution is 7.89. The topological polar surface area (TPSA) is 112 Å². The lowest BCUT2D eigenvalue weighted by molar-refractivity contribution is 0.304. The van der Waals surface area contributed by atoms with Crippen molar-refractivity contribution in [2.75, 3.05) is 25.4 Å². The molecule has 0 bridgehead atoms. The van der Waals surface area contributed by atoms with Crippen molar-refractivity contribution in [1.82, 2.24) is 34.4 Å². The molecule has 0 spiro atoms. The van der Waals surface area contributed by atoms with E-state index in [1.54, 1.807) is 0 Å². The van der Waals surface area contributed by atoms with E-state index >= 15 is 0 Å². The third-order valence-corrected chi connectivity index (χ3v) is 9.16. The zero-order chi connectivity index (χ0) is 28.3. The Kier molecular flexibility index (Phi) is 8.60. The molecule has 0 unspecified atom stereocenters. The molecule has 9 nitrogen and oxygen atoms in total. The average molecular weight is 582 g/mol. The Hall–Kier alpha value is -3.18. The van der Waals surface area contributed by atoms with E-state index in [9.17, 15) is 8.42 Å². The second-order valence-corrected chi connectivity index (χ2v) is 12.5. The van der Waals surface area contributed by atoms with E-state index in [-0.39, 0.29) is 5.75 Å². The highest BCUT2D eigenvalue weighted by atomic mass is 35.5. The van der Waals surface area contributed by atoms with Crippen LogP contribution in [0.3, 0.4) is 0 Å². The molecule has 0 radical (unpaired) electrons. The fraction of sp³-hybridized carbons (Fsp3) is 0.379. The van der Waals surface area contributed by atoms with Crippen LogP contribution in [-0.4, -0.2) is 63.4 Å². The van der Waals surface area contributed by atoms with Gasteiger partial charge in [-0.3, -0.25) is 5.10 Å². The van der Waals surface area contributed by atoms with Gasteiger partial charge in [0.2, 0.25) is 10.0 Å². The van der Waals surface area contributed by atoms with Gasteiger partial charge >= 0.3 is 0 Å². The molecule has 0 amide bonds. The highest BCUT2D eigenvalue weighted by Crippen LogP contribution is 2.27. The molecule has 40 heavy (non-hydrogen) atoms. The van der Waals surface area contributed by atoms with Crippen molar-refractivity contribution in [1.29, 1.82) is 0 Å². The number of sulfonamides is 1. The molecule has 3 aromatic heterocycles. The van der Waals surface area contributed by atoms with Crippen LogP contribution in [0.25, 0.3) is 21.8 Å². The summed E-state index contributed by atoms with van der Waals surface area (Å²) in [5.74, 6) is 1.13. The molecule has 3 heterocycles. The van der Waals surface area contributed by atoms with Crippen molar-refractivity contribution in [3.05, 3.63) is 82.7 Å². The number of hydrogen-bond donors (Lipinski definition) is 3. The van der Waals surface area contributed by atoms with Gasteiger partial charge in [0.15, 0.2) is 5.82 Å². The van der Waals surface area contributed by atoms with Crippen LogP contribution >= 0.6 is 11.6 Å². The van der Waals surface area contributed by atoms with E-state index in [0.717, 1.165) is 52.6 Å². The van der Waals surface area contributed by atoms with Crippen LogP contribution in [0.15, 0.2) is 54.9 Å². The second kappa shape index (κ2) is 12.1. The van der Waals surface area contributed by atoms with Crippen LogP contribution in [0, 0.1) is 0 Å². The molecule has 5 aromatic rings. The molecule has 11 heteroatoms. The lowest BCUT2D eigenvalue weighted by Gasteiger charge is -2.19. The van der Waals surface area contributed by atoms with Crippen LogP contribution in [0.5, 0.6) is 0 Å². The summed E-state index contributed by atoms with van der Waals surface area (Å²) in [5.41, 5.74) is 4.15. The number of hydrogen-bond acceptors (Lipinski definition) is 5. The number of aryl methyl sites for hydroxylation is 1. The number of rotatable bonds is 13. The summed E-state index contributed by atoms with van der Waals surface area (Å²) < 4.78 is 31.4. The fourth-order valence-electron chi connectivity index (χ4n) is 5.31. The maximum absolute atomic E-state index is 13.2. The maximum Gasteiger partial charge on any atom is 0.212 e. The minimum Gasteiger partial charge on any atom is -0.361 e. The zero-order valence-electron chi connectivity index (χ0n) is 23.1. The molecule has 0 saturated carbocycles. The minimum atomic E-state index is -3.58. The first-order valence-electron chi connectivity index (χ1n) is 13.7. The van der Waals surface area contributed by atoms with Crippen LogP contribution in [0.1, 0.15) is 49.1 Å². The predicted octanol–water partition coefficient (Wildman–Crippen LogP) is 4.96. The Balaban J connectivity index is 1.40. The van der Waals surface area contributed by atoms with Crippen LogP contribution in [-0.2, 0) is 29.9 Å². The smallest absolute Gasteiger partial charge is 0.212 e. The van der Waals surface area contributed by atoms with E-state index in [4.69, 9.17) is 16.6 Å². The molecular weight excluding hydrogens is 546 g/mol. The number of nitrogens with zero attached hydrogens (tertiary/aromatic N) is 4.